The van der Waals surface area contributed by atoms with Gasteiger partial charge in [0, 0.05) is 6.54 Å². The zero-order chi connectivity index (χ0) is 14.1. The second-order valence-corrected chi connectivity index (χ2v) is 5.61. The molecule has 1 fully saturated rings. The van der Waals surface area contributed by atoms with Gasteiger partial charge in [-0.3, -0.25) is 4.79 Å². The molecule has 1 saturated carbocycles. The first-order valence-corrected chi connectivity index (χ1v) is 7.09. The number of esters is 1. The van der Waals surface area contributed by atoms with Crippen LogP contribution in [-0.4, -0.2) is 26.2 Å². The predicted molar refractivity (Wildman–Crippen MR) is 75.5 cm³/mol. The minimum atomic E-state index is -0.250. The van der Waals surface area contributed by atoms with Crippen LogP contribution in [0.1, 0.15) is 36.3 Å². The largest absolute Gasteiger partial charge is 0.468 e. The molecule has 0 N–H and O–H groups in total. The lowest BCUT2D eigenvalue weighted by atomic mass is 9.82. The topological polar surface area (TPSA) is 53.3 Å². The number of para-hydroxylation sites is 1. The van der Waals surface area contributed by atoms with E-state index in [-0.39, 0.29) is 12.5 Å². The first-order chi connectivity index (χ1) is 9.74. The molecule has 2 aliphatic rings. The third-order valence-corrected chi connectivity index (χ3v) is 4.56. The molecule has 20 heavy (non-hydrogen) atoms. The lowest BCUT2D eigenvalue weighted by molar-refractivity contribution is -0.139. The maximum absolute atomic E-state index is 11.6. The van der Waals surface area contributed by atoms with Crippen LogP contribution in [0, 0.1) is 17.2 Å². The molecule has 0 amide bonds. The monoisotopic (exact) mass is 270 g/mol. The first kappa shape index (κ1) is 13.0. The van der Waals surface area contributed by atoms with Crippen molar-refractivity contribution in [1.82, 2.24) is 0 Å². The van der Waals surface area contributed by atoms with E-state index >= 15 is 0 Å². The zero-order valence-corrected chi connectivity index (χ0v) is 11.6. The number of benzene rings is 1. The van der Waals surface area contributed by atoms with Gasteiger partial charge in [-0.1, -0.05) is 18.6 Å². The van der Waals surface area contributed by atoms with Gasteiger partial charge in [-0.15, -0.1) is 0 Å². The molecule has 104 valence electrons. The Balaban J connectivity index is 2.04. The number of nitriles is 1. The van der Waals surface area contributed by atoms with Gasteiger partial charge in [0.2, 0.25) is 0 Å². The van der Waals surface area contributed by atoms with Crippen molar-refractivity contribution in [2.24, 2.45) is 5.92 Å². The van der Waals surface area contributed by atoms with Crippen LogP contribution in [0.15, 0.2) is 18.2 Å². The van der Waals surface area contributed by atoms with Gasteiger partial charge in [-0.05, 0) is 36.3 Å². The van der Waals surface area contributed by atoms with Crippen LogP contribution in [-0.2, 0) is 9.53 Å². The average molecular weight is 270 g/mol. The van der Waals surface area contributed by atoms with E-state index in [1.165, 1.54) is 31.9 Å². The first-order valence-electron chi connectivity index (χ1n) is 7.09. The van der Waals surface area contributed by atoms with Crippen LogP contribution in [0.2, 0.25) is 0 Å². The maximum Gasteiger partial charge on any atom is 0.325 e. The zero-order valence-electron chi connectivity index (χ0n) is 11.6. The van der Waals surface area contributed by atoms with E-state index in [2.05, 4.69) is 12.1 Å². The molecular weight excluding hydrogens is 252 g/mol. The average Bonchev–Trinajstić information content (AvgIpc) is 2.94. The smallest absolute Gasteiger partial charge is 0.325 e. The molecule has 0 saturated heterocycles. The standard InChI is InChI=1S/C16H18N2O2/c1-20-15(19)10-18-9-12-5-3-6-13(12)14-7-2-4-11(8-17)16(14)18/h2,4,7,12-13H,3,5-6,9-10H2,1H3/t12-,13-/m0/s1. The normalized spacial score (nSPS) is 23.7. The summed E-state index contributed by atoms with van der Waals surface area (Å²) in [7, 11) is 1.40. The quantitative estimate of drug-likeness (QED) is 0.774. The van der Waals surface area contributed by atoms with Gasteiger partial charge in [-0.2, -0.15) is 5.26 Å². The number of rotatable bonds is 2. The second kappa shape index (κ2) is 5.16. The molecule has 1 aromatic rings. The van der Waals surface area contributed by atoms with Crippen LogP contribution in [0.3, 0.4) is 0 Å². The number of nitrogens with zero attached hydrogens (tertiary/aromatic N) is 2. The van der Waals surface area contributed by atoms with Crippen molar-refractivity contribution in [2.75, 3.05) is 25.1 Å². The summed E-state index contributed by atoms with van der Waals surface area (Å²) < 4.78 is 4.79. The van der Waals surface area contributed by atoms with Gasteiger partial charge in [-0.25, -0.2) is 0 Å². The molecule has 1 aromatic carbocycles. The number of hydrogen-bond donors (Lipinski definition) is 0. The van der Waals surface area contributed by atoms with Crippen molar-refractivity contribution in [2.45, 2.75) is 25.2 Å². The molecule has 0 radical (unpaired) electrons. The number of methoxy groups -OCH3 is 1. The molecule has 0 bridgehead atoms. The third-order valence-electron chi connectivity index (χ3n) is 4.56. The third kappa shape index (κ3) is 2.03. The van der Waals surface area contributed by atoms with Crippen LogP contribution in [0.25, 0.3) is 0 Å². The van der Waals surface area contributed by atoms with Crippen molar-refractivity contribution in [3.8, 4) is 6.07 Å². The van der Waals surface area contributed by atoms with Gasteiger partial charge in [0.25, 0.3) is 0 Å². The summed E-state index contributed by atoms with van der Waals surface area (Å²) in [6, 6.07) is 8.16. The van der Waals surface area contributed by atoms with E-state index in [0.29, 0.717) is 17.4 Å². The molecule has 1 heterocycles. The summed E-state index contributed by atoms with van der Waals surface area (Å²) in [6.45, 7) is 1.08. The number of ether oxygens (including phenoxy) is 1. The Morgan fingerprint density at radius 3 is 3.10 bits per heavy atom. The minimum absolute atomic E-state index is 0.228. The lowest BCUT2D eigenvalue weighted by Gasteiger charge is -2.38. The summed E-state index contributed by atoms with van der Waals surface area (Å²) >= 11 is 0. The number of hydrogen-bond acceptors (Lipinski definition) is 4. The fourth-order valence-electron chi connectivity index (χ4n) is 3.71. The Kier molecular flexibility index (Phi) is 3.35. The highest BCUT2D eigenvalue weighted by Gasteiger charge is 2.38. The highest BCUT2D eigenvalue weighted by molar-refractivity contribution is 5.78. The Morgan fingerprint density at radius 2 is 2.35 bits per heavy atom. The van der Waals surface area contributed by atoms with Crippen LogP contribution >= 0.6 is 0 Å². The Morgan fingerprint density at radius 1 is 1.50 bits per heavy atom. The van der Waals surface area contributed by atoms with Crippen LogP contribution in [0.4, 0.5) is 5.69 Å². The van der Waals surface area contributed by atoms with Gasteiger partial charge in [0.1, 0.15) is 12.6 Å². The molecule has 0 aromatic heterocycles. The lowest BCUT2D eigenvalue weighted by Crippen LogP contribution is -2.40. The minimum Gasteiger partial charge on any atom is -0.468 e. The fourth-order valence-corrected chi connectivity index (χ4v) is 3.71. The number of carbonyl (C=O) groups is 1. The SMILES string of the molecule is COC(=O)CN1C[C@@H]2CCC[C@@H]2c2cccc(C#N)c21. The predicted octanol–water partition coefficient (Wildman–Crippen LogP) is 2.43. The van der Waals surface area contributed by atoms with Crippen molar-refractivity contribution in [1.29, 1.82) is 5.26 Å². The maximum atomic E-state index is 11.6. The molecule has 1 aliphatic carbocycles. The van der Waals surface area contributed by atoms with Crippen molar-refractivity contribution in [3.05, 3.63) is 29.3 Å². The summed E-state index contributed by atoms with van der Waals surface area (Å²) in [5, 5.41) is 9.35. The highest BCUT2D eigenvalue weighted by Crippen LogP contribution is 2.48. The molecular formula is C16H18N2O2. The van der Waals surface area contributed by atoms with E-state index in [0.717, 1.165) is 12.2 Å². The molecule has 0 spiro atoms. The molecule has 2 atom stereocenters. The molecule has 4 nitrogen and oxygen atoms in total. The van der Waals surface area contributed by atoms with Gasteiger partial charge in [0.05, 0.1) is 18.4 Å². The fraction of sp³-hybridized carbons (Fsp3) is 0.500. The Bertz CT molecular complexity index is 576. The Labute approximate surface area is 118 Å². The van der Waals surface area contributed by atoms with Gasteiger partial charge >= 0.3 is 5.97 Å². The van der Waals surface area contributed by atoms with E-state index in [1.807, 2.05) is 17.0 Å². The van der Waals surface area contributed by atoms with E-state index in [9.17, 15) is 10.1 Å². The number of carbonyl (C=O) groups excluding carboxylic acids is 1. The second-order valence-electron chi connectivity index (χ2n) is 5.61. The van der Waals surface area contributed by atoms with Gasteiger partial charge < -0.3 is 9.64 Å². The van der Waals surface area contributed by atoms with Crippen molar-refractivity contribution < 1.29 is 9.53 Å². The van der Waals surface area contributed by atoms with Crippen LogP contribution < -0.4 is 4.90 Å². The van der Waals surface area contributed by atoms with E-state index < -0.39 is 0 Å². The molecule has 0 unspecified atom stereocenters. The van der Waals surface area contributed by atoms with Crippen molar-refractivity contribution >= 4 is 11.7 Å². The molecule has 3 rings (SSSR count). The summed E-state index contributed by atoms with van der Waals surface area (Å²) in [4.78, 5) is 13.7. The highest BCUT2D eigenvalue weighted by atomic mass is 16.5. The van der Waals surface area contributed by atoms with Crippen LogP contribution in [0.5, 0.6) is 0 Å². The summed E-state index contributed by atoms with van der Waals surface area (Å²) in [6.07, 6.45) is 3.63. The molecule has 4 heteroatoms. The molecule has 1 aliphatic heterocycles. The summed E-state index contributed by atoms with van der Waals surface area (Å²) in [5.74, 6) is 0.897. The van der Waals surface area contributed by atoms with Gasteiger partial charge in [0.15, 0.2) is 0 Å². The number of anilines is 1. The number of fused-ring (bicyclic) bond motifs is 3. The Hall–Kier alpha value is -2.02. The van der Waals surface area contributed by atoms with E-state index in [1.54, 1.807) is 0 Å². The van der Waals surface area contributed by atoms with Crippen molar-refractivity contribution in [3.63, 3.8) is 0 Å². The van der Waals surface area contributed by atoms with E-state index in [4.69, 9.17) is 4.74 Å². The summed E-state index contributed by atoms with van der Waals surface area (Å²) in [5.41, 5.74) is 2.85.